The molecule has 2 N–H and O–H groups in total. The number of hydrogen-bond acceptors (Lipinski definition) is 3. The van der Waals surface area contributed by atoms with Gasteiger partial charge in [0, 0.05) is 12.7 Å². The van der Waals surface area contributed by atoms with E-state index >= 15 is 0 Å². The number of carbonyl (C=O) groups is 1. The molecule has 94 valence electrons. The highest BCUT2D eigenvalue weighted by atomic mass is 19.1. The number of anilines is 1. The molecule has 1 aromatic heterocycles. The summed E-state index contributed by atoms with van der Waals surface area (Å²) in [5, 5.41) is 12.0. The van der Waals surface area contributed by atoms with E-state index in [1.807, 2.05) is 0 Å². The number of aliphatic carboxylic acids is 1. The van der Waals surface area contributed by atoms with Crippen LogP contribution in [0.3, 0.4) is 0 Å². The predicted octanol–water partition coefficient (Wildman–Crippen LogP) is 1.80. The first kappa shape index (κ1) is 12.1. The van der Waals surface area contributed by atoms with Crippen molar-refractivity contribution in [1.82, 2.24) is 9.55 Å². The minimum Gasteiger partial charge on any atom is -0.479 e. The SMILES string of the molecule is Cn1cncc1C(Nc1cccc(F)c1)C(=O)O. The highest BCUT2D eigenvalue weighted by Gasteiger charge is 2.22. The monoisotopic (exact) mass is 249 g/mol. The summed E-state index contributed by atoms with van der Waals surface area (Å²) in [5.74, 6) is -1.47. The lowest BCUT2D eigenvalue weighted by Gasteiger charge is -2.16. The molecular formula is C12H12FN3O2. The van der Waals surface area contributed by atoms with Crippen LogP contribution in [0, 0.1) is 5.82 Å². The Hall–Kier alpha value is -2.37. The zero-order valence-electron chi connectivity index (χ0n) is 9.67. The molecule has 0 saturated heterocycles. The Balaban J connectivity index is 2.28. The number of carboxylic acid groups (broad SMARTS) is 1. The van der Waals surface area contributed by atoms with Gasteiger partial charge in [0.2, 0.25) is 0 Å². The summed E-state index contributed by atoms with van der Waals surface area (Å²) < 4.78 is 14.6. The minimum absolute atomic E-state index is 0.406. The van der Waals surface area contributed by atoms with Crippen molar-refractivity contribution in [3.63, 3.8) is 0 Å². The van der Waals surface area contributed by atoms with Crippen LogP contribution in [-0.2, 0) is 11.8 Å². The molecule has 0 aliphatic carbocycles. The molecular weight excluding hydrogens is 237 g/mol. The fourth-order valence-electron chi connectivity index (χ4n) is 1.65. The Morgan fingerprint density at radius 3 is 2.89 bits per heavy atom. The summed E-state index contributed by atoms with van der Waals surface area (Å²) in [4.78, 5) is 15.1. The van der Waals surface area contributed by atoms with Gasteiger partial charge in [-0.25, -0.2) is 14.2 Å². The Bertz CT molecular complexity index is 568. The molecule has 2 rings (SSSR count). The van der Waals surface area contributed by atoms with E-state index in [0.717, 1.165) is 0 Å². The fourth-order valence-corrected chi connectivity index (χ4v) is 1.65. The minimum atomic E-state index is -1.05. The van der Waals surface area contributed by atoms with E-state index in [4.69, 9.17) is 0 Å². The van der Waals surface area contributed by atoms with Gasteiger partial charge < -0.3 is 15.0 Å². The number of nitrogens with zero attached hydrogens (tertiary/aromatic N) is 2. The molecule has 1 aromatic carbocycles. The molecule has 2 aromatic rings. The number of halogens is 1. The van der Waals surface area contributed by atoms with Crippen molar-refractivity contribution in [1.29, 1.82) is 0 Å². The maximum atomic E-state index is 13.0. The lowest BCUT2D eigenvalue weighted by atomic mass is 10.2. The Kier molecular flexibility index (Phi) is 3.27. The average Bonchev–Trinajstić information content (AvgIpc) is 2.72. The Morgan fingerprint density at radius 2 is 2.33 bits per heavy atom. The summed E-state index contributed by atoms with van der Waals surface area (Å²) in [7, 11) is 1.70. The van der Waals surface area contributed by atoms with Gasteiger partial charge >= 0.3 is 5.97 Å². The van der Waals surface area contributed by atoms with E-state index in [1.165, 1.54) is 30.7 Å². The number of hydrogen-bond donors (Lipinski definition) is 2. The summed E-state index contributed by atoms with van der Waals surface area (Å²) in [5.41, 5.74) is 0.898. The van der Waals surface area contributed by atoms with Crippen LogP contribution in [0.15, 0.2) is 36.8 Å². The number of aromatic nitrogens is 2. The lowest BCUT2D eigenvalue weighted by Crippen LogP contribution is -2.22. The highest BCUT2D eigenvalue weighted by Crippen LogP contribution is 2.19. The second-order valence-corrected chi connectivity index (χ2v) is 3.86. The van der Waals surface area contributed by atoms with E-state index in [0.29, 0.717) is 11.4 Å². The topological polar surface area (TPSA) is 67.2 Å². The van der Waals surface area contributed by atoms with Crippen LogP contribution < -0.4 is 5.32 Å². The van der Waals surface area contributed by atoms with Crippen molar-refractivity contribution in [3.8, 4) is 0 Å². The first-order valence-electron chi connectivity index (χ1n) is 5.29. The smallest absolute Gasteiger partial charge is 0.332 e. The van der Waals surface area contributed by atoms with Crippen molar-refractivity contribution < 1.29 is 14.3 Å². The van der Waals surface area contributed by atoms with Gasteiger partial charge in [-0.3, -0.25) is 0 Å². The van der Waals surface area contributed by atoms with Crippen LogP contribution in [0.5, 0.6) is 0 Å². The zero-order valence-corrected chi connectivity index (χ0v) is 9.67. The van der Waals surface area contributed by atoms with Crippen LogP contribution in [0.4, 0.5) is 10.1 Å². The van der Waals surface area contributed by atoms with Crippen molar-refractivity contribution in [2.24, 2.45) is 7.05 Å². The number of nitrogens with one attached hydrogen (secondary N) is 1. The van der Waals surface area contributed by atoms with Crippen LogP contribution in [0.25, 0.3) is 0 Å². The second-order valence-electron chi connectivity index (χ2n) is 3.86. The molecule has 0 amide bonds. The van der Waals surface area contributed by atoms with E-state index in [-0.39, 0.29) is 0 Å². The molecule has 1 atom stereocenters. The normalized spacial score (nSPS) is 12.1. The Morgan fingerprint density at radius 1 is 1.56 bits per heavy atom. The molecule has 1 heterocycles. The van der Waals surface area contributed by atoms with Gasteiger partial charge in [-0.1, -0.05) is 6.07 Å². The number of benzene rings is 1. The van der Waals surface area contributed by atoms with Gasteiger partial charge in [-0.15, -0.1) is 0 Å². The van der Waals surface area contributed by atoms with Crippen molar-refractivity contribution in [3.05, 3.63) is 48.3 Å². The van der Waals surface area contributed by atoms with Gasteiger partial charge in [0.15, 0.2) is 6.04 Å². The number of imidazole rings is 1. The van der Waals surface area contributed by atoms with E-state index in [1.54, 1.807) is 17.7 Å². The molecule has 0 radical (unpaired) electrons. The summed E-state index contributed by atoms with van der Waals surface area (Å²) in [6.45, 7) is 0. The standard InChI is InChI=1S/C12H12FN3O2/c1-16-7-14-6-10(16)11(12(17)18)15-9-4-2-3-8(13)5-9/h2-7,11,15H,1H3,(H,17,18). The molecule has 0 bridgehead atoms. The molecule has 5 nitrogen and oxygen atoms in total. The van der Waals surface area contributed by atoms with Gasteiger partial charge in [0.25, 0.3) is 0 Å². The molecule has 6 heteroatoms. The highest BCUT2D eigenvalue weighted by molar-refractivity contribution is 5.78. The first-order chi connectivity index (χ1) is 8.58. The van der Waals surface area contributed by atoms with Gasteiger partial charge in [0.05, 0.1) is 18.2 Å². The fraction of sp³-hybridized carbons (Fsp3) is 0.167. The Labute approximate surface area is 103 Å². The van der Waals surface area contributed by atoms with E-state index in [9.17, 15) is 14.3 Å². The third kappa shape index (κ3) is 2.48. The van der Waals surface area contributed by atoms with E-state index < -0.39 is 17.8 Å². The van der Waals surface area contributed by atoms with Gasteiger partial charge in [0.1, 0.15) is 5.82 Å². The molecule has 18 heavy (non-hydrogen) atoms. The average molecular weight is 249 g/mol. The first-order valence-corrected chi connectivity index (χ1v) is 5.29. The van der Waals surface area contributed by atoms with Gasteiger partial charge in [-0.2, -0.15) is 0 Å². The molecule has 0 fully saturated rings. The largest absolute Gasteiger partial charge is 0.479 e. The third-order valence-electron chi connectivity index (χ3n) is 2.53. The second kappa shape index (κ2) is 4.87. The molecule has 0 aliphatic heterocycles. The zero-order chi connectivity index (χ0) is 13.1. The maximum Gasteiger partial charge on any atom is 0.332 e. The van der Waals surface area contributed by atoms with Crippen LogP contribution in [0.1, 0.15) is 11.7 Å². The summed E-state index contributed by atoms with van der Waals surface area (Å²) in [6, 6.07) is 4.69. The molecule has 0 spiro atoms. The maximum absolute atomic E-state index is 13.0. The summed E-state index contributed by atoms with van der Waals surface area (Å²) >= 11 is 0. The third-order valence-corrected chi connectivity index (χ3v) is 2.53. The van der Waals surface area contributed by atoms with Crippen LogP contribution in [0.2, 0.25) is 0 Å². The number of rotatable bonds is 4. The quantitative estimate of drug-likeness (QED) is 0.867. The molecule has 0 saturated carbocycles. The van der Waals surface area contributed by atoms with Crippen molar-refractivity contribution in [2.45, 2.75) is 6.04 Å². The van der Waals surface area contributed by atoms with Crippen LogP contribution in [-0.4, -0.2) is 20.6 Å². The molecule has 0 aliphatic rings. The number of carboxylic acids is 1. The molecule has 1 unspecified atom stereocenters. The predicted molar refractivity (Wildman–Crippen MR) is 63.6 cm³/mol. The van der Waals surface area contributed by atoms with Crippen molar-refractivity contribution in [2.75, 3.05) is 5.32 Å². The van der Waals surface area contributed by atoms with Gasteiger partial charge in [-0.05, 0) is 18.2 Å². The van der Waals surface area contributed by atoms with E-state index in [2.05, 4.69) is 10.3 Å². The van der Waals surface area contributed by atoms with Crippen molar-refractivity contribution >= 4 is 11.7 Å². The number of aryl methyl sites for hydroxylation is 1. The van der Waals surface area contributed by atoms with Crippen LogP contribution >= 0.6 is 0 Å². The lowest BCUT2D eigenvalue weighted by molar-refractivity contribution is -0.138. The summed E-state index contributed by atoms with van der Waals surface area (Å²) in [6.07, 6.45) is 2.98.